The van der Waals surface area contributed by atoms with Gasteiger partial charge in [0.15, 0.2) is 0 Å². The van der Waals surface area contributed by atoms with Crippen LogP contribution in [0.25, 0.3) is 0 Å². The van der Waals surface area contributed by atoms with Gasteiger partial charge in [0.2, 0.25) is 12.3 Å². The highest BCUT2D eigenvalue weighted by Gasteiger charge is 2.19. The van der Waals surface area contributed by atoms with Gasteiger partial charge in [0.05, 0.1) is 18.7 Å². The third-order valence-electron chi connectivity index (χ3n) is 3.31. The molecule has 2 rings (SSSR count). The van der Waals surface area contributed by atoms with Crippen LogP contribution in [0.5, 0.6) is 5.75 Å². The first-order chi connectivity index (χ1) is 9.70. The molecule has 1 aliphatic rings. The summed E-state index contributed by atoms with van der Waals surface area (Å²) < 4.78 is 5.50. The summed E-state index contributed by atoms with van der Waals surface area (Å²) in [5.41, 5.74) is 6.32. The maximum absolute atomic E-state index is 12.0. The lowest BCUT2D eigenvalue weighted by atomic mass is 10.3. The second kappa shape index (κ2) is 6.79. The van der Waals surface area contributed by atoms with E-state index in [1.807, 2.05) is 12.1 Å². The standard InChI is InChI=1S/C14H19N3O3/c15-12-3-1-2-4-13(12)20-10-5-14(19)17-8-6-16(11-18)7-9-17/h1-4,11H,5-10,15H2. The van der Waals surface area contributed by atoms with Crippen molar-refractivity contribution in [2.24, 2.45) is 0 Å². The molecule has 20 heavy (non-hydrogen) atoms. The van der Waals surface area contributed by atoms with Gasteiger partial charge >= 0.3 is 0 Å². The predicted octanol–water partition coefficient (Wildman–Crippen LogP) is 0.338. The number of ether oxygens (including phenoxy) is 1. The van der Waals surface area contributed by atoms with E-state index in [9.17, 15) is 9.59 Å². The normalized spacial score (nSPS) is 15.0. The van der Waals surface area contributed by atoms with Crippen molar-refractivity contribution >= 4 is 18.0 Å². The molecule has 1 heterocycles. The molecule has 2 N–H and O–H groups in total. The zero-order valence-electron chi connectivity index (χ0n) is 11.3. The van der Waals surface area contributed by atoms with E-state index in [0.29, 0.717) is 50.6 Å². The molecule has 1 saturated heterocycles. The number of nitrogens with zero attached hydrogens (tertiary/aromatic N) is 2. The molecule has 108 valence electrons. The summed E-state index contributed by atoms with van der Waals surface area (Å²) >= 11 is 0. The smallest absolute Gasteiger partial charge is 0.226 e. The van der Waals surface area contributed by atoms with Crippen molar-refractivity contribution in [2.75, 3.05) is 38.5 Å². The van der Waals surface area contributed by atoms with Crippen LogP contribution in [0, 0.1) is 0 Å². The summed E-state index contributed by atoms with van der Waals surface area (Å²) in [6, 6.07) is 7.21. The Bertz CT molecular complexity index is 470. The van der Waals surface area contributed by atoms with Crippen molar-refractivity contribution in [2.45, 2.75) is 6.42 Å². The Labute approximate surface area is 118 Å². The van der Waals surface area contributed by atoms with Crippen LogP contribution in [0.1, 0.15) is 6.42 Å². The molecule has 1 aliphatic heterocycles. The van der Waals surface area contributed by atoms with Gasteiger partial charge in [-0.15, -0.1) is 0 Å². The van der Waals surface area contributed by atoms with Gasteiger partial charge in [0.1, 0.15) is 5.75 Å². The molecule has 1 fully saturated rings. The van der Waals surface area contributed by atoms with Crippen LogP contribution < -0.4 is 10.5 Å². The number of carbonyl (C=O) groups is 2. The molecule has 1 aromatic carbocycles. The van der Waals surface area contributed by atoms with Gasteiger partial charge in [-0.2, -0.15) is 0 Å². The Balaban J connectivity index is 1.73. The van der Waals surface area contributed by atoms with Gasteiger partial charge in [0.25, 0.3) is 0 Å². The number of rotatable bonds is 5. The first-order valence-corrected chi connectivity index (χ1v) is 6.65. The summed E-state index contributed by atoms with van der Waals surface area (Å²) in [4.78, 5) is 26.0. The lowest BCUT2D eigenvalue weighted by Crippen LogP contribution is -2.48. The number of carbonyl (C=O) groups excluding carboxylic acids is 2. The Morgan fingerprint density at radius 1 is 1.25 bits per heavy atom. The van der Waals surface area contributed by atoms with Crippen LogP contribution >= 0.6 is 0 Å². The number of nitrogens with two attached hydrogens (primary N) is 1. The van der Waals surface area contributed by atoms with Gasteiger partial charge < -0.3 is 20.3 Å². The summed E-state index contributed by atoms with van der Waals surface area (Å²) in [7, 11) is 0. The Morgan fingerprint density at radius 3 is 2.60 bits per heavy atom. The molecule has 6 heteroatoms. The van der Waals surface area contributed by atoms with Crippen molar-refractivity contribution in [1.29, 1.82) is 0 Å². The summed E-state index contributed by atoms with van der Waals surface area (Å²) in [6.45, 7) is 2.68. The highest BCUT2D eigenvalue weighted by molar-refractivity contribution is 5.76. The molecule has 0 aromatic heterocycles. The minimum atomic E-state index is 0.0463. The van der Waals surface area contributed by atoms with Gasteiger partial charge in [-0.1, -0.05) is 12.1 Å². The molecular formula is C14H19N3O3. The average Bonchev–Trinajstić information content (AvgIpc) is 2.49. The largest absolute Gasteiger partial charge is 0.491 e. The molecule has 0 saturated carbocycles. The molecular weight excluding hydrogens is 258 g/mol. The molecule has 0 bridgehead atoms. The molecule has 0 aliphatic carbocycles. The molecule has 0 atom stereocenters. The SMILES string of the molecule is Nc1ccccc1OCCC(=O)N1CCN(C=O)CC1. The topological polar surface area (TPSA) is 75.9 Å². The van der Waals surface area contributed by atoms with Crippen LogP contribution in [0.15, 0.2) is 24.3 Å². The maximum Gasteiger partial charge on any atom is 0.226 e. The fraction of sp³-hybridized carbons (Fsp3) is 0.429. The van der Waals surface area contributed by atoms with Gasteiger partial charge in [-0.25, -0.2) is 0 Å². The minimum Gasteiger partial charge on any atom is -0.491 e. The molecule has 0 radical (unpaired) electrons. The van der Waals surface area contributed by atoms with Crippen LogP contribution in [0.3, 0.4) is 0 Å². The number of piperazine rings is 1. The van der Waals surface area contributed by atoms with Crippen molar-refractivity contribution in [3.8, 4) is 5.75 Å². The number of hydrogen-bond donors (Lipinski definition) is 1. The lowest BCUT2D eigenvalue weighted by Gasteiger charge is -2.32. The quantitative estimate of drug-likeness (QED) is 0.622. The van der Waals surface area contributed by atoms with E-state index < -0.39 is 0 Å². The summed E-state index contributed by atoms with van der Waals surface area (Å²) in [6.07, 6.45) is 1.14. The Hall–Kier alpha value is -2.24. The number of anilines is 1. The van der Waals surface area contributed by atoms with E-state index in [2.05, 4.69) is 0 Å². The first kappa shape index (κ1) is 14.2. The molecule has 6 nitrogen and oxygen atoms in total. The van der Waals surface area contributed by atoms with Crippen molar-refractivity contribution < 1.29 is 14.3 Å². The second-order valence-electron chi connectivity index (χ2n) is 4.66. The fourth-order valence-corrected chi connectivity index (χ4v) is 2.10. The Morgan fingerprint density at radius 2 is 1.95 bits per heavy atom. The summed E-state index contributed by atoms with van der Waals surface area (Å²) in [5, 5.41) is 0. The van der Waals surface area contributed by atoms with E-state index in [-0.39, 0.29) is 5.91 Å². The predicted molar refractivity (Wildman–Crippen MR) is 75.2 cm³/mol. The van der Waals surface area contributed by atoms with E-state index in [1.54, 1.807) is 21.9 Å². The number of hydrogen-bond acceptors (Lipinski definition) is 4. The maximum atomic E-state index is 12.0. The molecule has 0 unspecified atom stereocenters. The zero-order valence-corrected chi connectivity index (χ0v) is 11.3. The first-order valence-electron chi connectivity index (χ1n) is 6.65. The highest BCUT2D eigenvalue weighted by atomic mass is 16.5. The second-order valence-corrected chi connectivity index (χ2v) is 4.66. The molecule has 2 amide bonds. The van der Waals surface area contributed by atoms with E-state index in [0.717, 1.165) is 6.41 Å². The Kier molecular flexibility index (Phi) is 4.81. The van der Waals surface area contributed by atoms with Crippen molar-refractivity contribution in [1.82, 2.24) is 9.80 Å². The minimum absolute atomic E-state index is 0.0463. The van der Waals surface area contributed by atoms with Gasteiger partial charge in [-0.3, -0.25) is 9.59 Å². The lowest BCUT2D eigenvalue weighted by molar-refractivity contribution is -0.135. The average molecular weight is 277 g/mol. The van der Waals surface area contributed by atoms with Crippen molar-refractivity contribution in [3.63, 3.8) is 0 Å². The number of para-hydroxylation sites is 2. The monoisotopic (exact) mass is 277 g/mol. The van der Waals surface area contributed by atoms with Crippen LogP contribution in [-0.4, -0.2) is 54.9 Å². The van der Waals surface area contributed by atoms with Gasteiger partial charge in [0, 0.05) is 26.2 Å². The highest BCUT2D eigenvalue weighted by Crippen LogP contribution is 2.19. The van der Waals surface area contributed by atoms with Crippen LogP contribution in [0.2, 0.25) is 0 Å². The van der Waals surface area contributed by atoms with E-state index in [4.69, 9.17) is 10.5 Å². The van der Waals surface area contributed by atoms with E-state index >= 15 is 0 Å². The van der Waals surface area contributed by atoms with Crippen LogP contribution in [-0.2, 0) is 9.59 Å². The molecule has 0 spiro atoms. The zero-order chi connectivity index (χ0) is 14.4. The number of amides is 2. The number of benzene rings is 1. The van der Waals surface area contributed by atoms with E-state index in [1.165, 1.54) is 0 Å². The van der Waals surface area contributed by atoms with Crippen LogP contribution in [0.4, 0.5) is 5.69 Å². The van der Waals surface area contributed by atoms with Crippen molar-refractivity contribution in [3.05, 3.63) is 24.3 Å². The third-order valence-corrected chi connectivity index (χ3v) is 3.31. The fourth-order valence-electron chi connectivity index (χ4n) is 2.10. The third kappa shape index (κ3) is 3.63. The summed E-state index contributed by atoms with van der Waals surface area (Å²) in [5.74, 6) is 0.649. The number of nitrogen functional groups attached to an aromatic ring is 1. The molecule has 1 aromatic rings. The van der Waals surface area contributed by atoms with Gasteiger partial charge in [-0.05, 0) is 12.1 Å².